The normalized spacial score (nSPS) is 14.1. The van der Waals surface area contributed by atoms with E-state index in [9.17, 15) is 9.18 Å². The third kappa shape index (κ3) is 5.49. The van der Waals surface area contributed by atoms with Crippen LogP contribution >= 0.6 is 11.5 Å². The molecule has 1 aromatic heterocycles. The van der Waals surface area contributed by atoms with Gasteiger partial charge in [-0.1, -0.05) is 11.6 Å². The van der Waals surface area contributed by atoms with Gasteiger partial charge in [-0.25, -0.2) is 14.2 Å². The lowest BCUT2D eigenvalue weighted by molar-refractivity contribution is 0.207. The molecule has 150 valence electrons. The number of carbonyl (C=O) groups is 1. The van der Waals surface area contributed by atoms with Gasteiger partial charge in [-0.15, -0.1) is 0 Å². The van der Waals surface area contributed by atoms with Gasteiger partial charge in [-0.05, 0) is 31.9 Å². The SMILES string of the molecule is Cc1nsc(NC(=O)N2CCC(=Cc3ccc(OCCCO)cc3F)CC2)n1. The van der Waals surface area contributed by atoms with Crippen molar-refractivity contribution in [2.45, 2.75) is 26.2 Å². The van der Waals surface area contributed by atoms with Gasteiger partial charge in [0.05, 0.1) is 6.61 Å². The summed E-state index contributed by atoms with van der Waals surface area (Å²) >= 11 is 1.16. The number of nitrogens with one attached hydrogen (secondary N) is 1. The molecule has 9 heteroatoms. The minimum atomic E-state index is -0.346. The maximum atomic E-state index is 14.3. The minimum absolute atomic E-state index is 0.0437. The number of rotatable bonds is 6. The number of hydrogen-bond donors (Lipinski definition) is 2. The molecule has 0 bridgehead atoms. The molecule has 2 N–H and O–H groups in total. The van der Waals surface area contributed by atoms with Crippen molar-refractivity contribution < 1.29 is 19.0 Å². The van der Waals surface area contributed by atoms with Gasteiger partial charge in [-0.3, -0.25) is 5.32 Å². The van der Waals surface area contributed by atoms with Crippen LogP contribution in [-0.2, 0) is 0 Å². The average molecular weight is 406 g/mol. The quantitative estimate of drug-likeness (QED) is 0.718. The molecule has 1 saturated heterocycles. The molecule has 28 heavy (non-hydrogen) atoms. The summed E-state index contributed by atoms with van der Waals surface area (Å²) in [6, 6.07) is 4.58. The highest BCUT2D eigenvalue weighted by molar-refractivity contribution is 7.09. The van der Waals surface area contributed by atoms with Gasteiger partial charge in [0, 0.05) is 49.3 Å². The Balaban J connectivity index is 1.54. The molecule has 0 spiro atoms. The van der Waals surface area contributed by atoms with Gasteiger partial charge in [0.2, 0.25) is 5.13 Å². The average Bonchev–Trinajstić information content (AvgIpc) is 3.09. The summed E-state index contributed by atoms with van der Waals surface area (Å²) in [6.07, 6.45) is 3.74. The first-order chi connectivity index (χ1) is 13.5. The third-order valence-corrected chi connectivity index (χ3v) is 5.06. The van der Waals surface area contributed by atoms with Crippen molar-refractivity contribution in [1.82, 2.24) is 14.3 Å². The molecule has 1 aliphatic heterocycles. The summed E-state index contributed by atoms with van der Waals surface area (Å²) in [5.41, 5.74) is 1.61. The fourth-order valence-electron chi connectivity index (χ4n) is 2.85. The van der Waals surface area contributed by atoms with E-state index in [1.807, 2.05) is 6.08 Å². The molecule has 0 saturated carbocycles. The first-order valence-electron chi connectivity index (χ1n) is 9.14. The Hall–Kier alpha value is -2.52. The van der Waals surface area contributed by atoms with Crippen molar-refractivity contribution in [2.24, 2.45) is 0 Å². The van der Waals surface area contributed by atoms with Crippen molar-refractivity contribution in [3.8, 4) is 5.75 Å². The van der Waals surface area contributed by atoms with Gasteiger partial charge < -0.3 is 14.7 Å². The number of likely N-dealkylation sites (tertiary alicyclic amines) is 1. The smallest absolute Gasteiger partial charge is 0.323 e. The number of carbonyl (C=O) groups excluding carboxylic acids is 1. The Kier molecular flexibility index (Phi) is 6.94. The molecule has 3 rings (SSSR count). The molecule has 0 unspecified atom stereocenters. The number of ether oxygens (including phenoxy) is 1. The second-order valence-electron chi connectivity index (χ2n) is 6.48. The van der Waals surface area contributed by atoms with Crippen LogP contribution in [0.15, 0.2) is 23.8 Å². The van der Waals surface area contributed by atoms with E-state index in [0.29, 0.717) is 61.2 Å². The van der Waals surface area contributed by atoms with Crippen LogP contribution < -0.4 is 10.1 Å². The maximum absolute atomic E-state index is 14.3. The Labute approximate surface area is 167 Å². The highest BCUT2D eigenvalue weighted by Crippen LogP contribution is 2.24. The number of aliphatic hydroxyl groups excluding tert-OH is 1. The molecular formula is C19H23FN4O3S. The number of nitrogens with zero attached hydrogens (tertiary/aromatic N) is 3. The van der Waals surface area contributed by atoms with Crippen molar-refractivity contribution >= 4 is 28.8 Å². The zero-order chi connectivity index (χ0) is 19.9. The topological polar surface area (TPSA) is 87.6 Å². The van der Waals surface area contributed by atoms with Crippen LogP contribution in [0.5, 0.6) is 5.75 Å². The summed E-state index contributed by atoms with van der Waals surface area (Å²) in [4.78, 5) is 18.1. The summed E-state index contributed by atoms with van der Waals surface area (Å²) < 4.78 is 23.7. The minimum Gasteiger partial charge on any atom is -0.493 e. The van der Waals surface area contributed by atoms with Crippen molar-refractivity contribution in [3.63, 3.8) is 0 Å². The number of amides is 2. The summed E-state index contributed by atoms with van der Waals surface area (Å²) in [7, 11) is 0. The highest BCUT2D eigenvalue weighted by Gasteiger charge is 2.20. The summed E-state index contributed by atoms with van der Waals surface area (Å²) in [5, 5.41) is 12.0. The number of aromatic nitrogens is 2. The van der Waals surface area contributed by atoms with Crippen LogP contribution in [0.4, 0.5) is 14.3 Å². The molecule has 1 aliphatic rings. The lowest BCUT2D eigenvalue weighted by Gasteiger charge is -2.28. The van der Waals surface area contributed by atoms with E-state index >= 15 is 0 Å². The van der Waals surface area contributed by atoms with Crippen molar-refractivity contribution in [3.05, 3.63) is 41.0 Å². The number of hydrogen-bond acceptors (Lipinski definition) is 6. The second kappa shape index (κ2) is 9.61. The molecule has 0 atom stereocenters. The van der Waals surface area contributed by atoms with Crippen LogP contribution in [0, 0.1) is 12.7 Å². The van der Waals surface area contributed by atoms with Crippen molar-refractivity contribution in [1.29, 1.82) is 0 Å². The number of urea groups is 1. The molecule has 0 radical (unpaired) electrons. The molecular weight excluding hydrogens is 383 g/mol. The summed E-state index contributed by atoms with van der Waals surface area (Å²) in [5.74, 6) is 0.739. The molecule has 2 heterocycles. The monoisotopic (exact) mass is 406 g/mol. The number of halogens is 1. The Morgan fingerprint density at radius 1 is 1.43 bits per heavy atom. The second-order valence-corrected chi connectivity index (χ2v) is 7.23. The van der Waals surface area contributed by atoms with Gasteiger partial charge >= 0.3 is 6.03 Å². The lowest BCUT2D eigenvalue weighted by atomic mass is 10.0. The molecule has 1 fully saturated rings. The maximum Gasteiger partial charge on any atom is 0.323 e. The van der Waals surface area contributed by atoms with E-state index in [4.69, 9.17) is 9.84 Å². The van der Waals surface area contributed by atoms with E-state index in [1.54, 1.807) is 24.0 Å². The lowest BCUT2D eigenvalue weighted by Crippen LogP contribution is -2.39. The summed E-state index contributed by atoms with van der Waals surface area (Å²) in [6.45, 7) is 3.31. The first-order valence-corrected chi connectivity index (χ1v) is 9.91. The van der Waals surface area contributed by atoms with E-state index in [0.717, 1.165) is 17.1 Å². The molecule has 7 nitrogen and oxygen atoms in total. The van der Waals surface area contributed by atoms with E-state index in [2.05, 4.69) is 14.7 Å². The fraction of sp³-hybridized carbons (Fsp3) is 0.421. The van der Waals surface area contributed by atoms with Crippen LogP contribution in [0.3, 0.4) is 0 Å². The number of benzene rings is 1. The Morgan fingerprint density at radius 2 is 2.21 bits per heavy atom. The predicted molar refractivity (Wildman–Crippen MR) is 106 cm³/mol. The Morgan fingerprint density at radius 3 is 2.86 bits per heavy atom. The van der Waals surface area contributed by atoms with Crippen LogP contribution in [0.1, 0.15) is 30.7 Å². The number of aliphatic hydroxyl groups is 1. The molecule has 2 aromatic rings. The standard InChI is InChI=1S/C19H23FN4O3S/c1-13-21-18(28-23-13)22-19(26)24-7-5-14(6-8-24)11-15-3-4-16(12-17(15)20)27-10-2-9-25/h3-4,11-12,25H,2,5-10H2,1H3,(H,21,22,23,26). The van der Waals surface area contributed by atoms with E-state index < -0.39 is 0 Å². The Bertz CT molecular complexity index is 845. The predicted octanol–water partition coefficient (Wildman–Crippen LogP) is 3.46. The zero-order valence-electron chi connectivity index (χ0n) is 15.7. The molecule has 1 aromatic carbocycles. The van der Waals surface area contributed by atoms with Gasteiger partial charge in [0.25, 0.3) is 0 Å². The van der Waals surface area contributed by atoms with Crippen LogP contribution in [-0.4, -0.2) is 51.7 Å². The van der Waals surface area contributed by atoms with Crippen LogP contribution in [0.2, 0.25) is 0 Å². The van der Waals surface area contributed by atoms with Crippen LogP contribution in [0.25, 0.3) is 6.08 Å². The highest BCUT2D eigenvalue weighted by atomic mass is 32.1. The van der Waals surface area contributed by atoms with E-state index in [-0.39, 0.29) is 18.5 Å². The van der Waals surface area contributed by atoms with Gasteiger partial charge in [0.15, 0.2) is 0 Å². The van der Waals surface area contributed by atoms with E-state index in [1.165, 1.54) is 6.07 Å². The first kappa shape index (κ1) is 20.2. The number of aryl methyl sites for hydroxylation is 1. The number of piperidine rings is 1. The van der Waals surface area contributed by atoms with Crippen molar-refractivity contribution in [2.75, 3.05) is 31.6 Å². The zero-order valence-corrected chi connectivity index (χ0v) is 16.5. The fourth-order valence-corrected chi connectivity index (χ4v) is 3.41. The van der Waals surface area contributed by atoms with Gasteiger partial charge in [0.1, 0.15) is 17.4 Å². The molecule has 2 amide bonds. The third-order valence-electron chi connectivity index (χ3n) is 4.34. The largest absolute Gasteiger partial charge is 0.493 e. The number of anilines is 1. The van der Waals surface area contributed by atoms with Gasteiger partial charge in [-0.2, -0.15) is 4.37 Å². The molecule has 0 aliphatic carbocycles.